The van der Waals surface area contributed by atoms with Gasteiger partial charge in [-0.3, -0.25) is 9.59 Å². The smallest absolute Gasteiger partial charge is 0.260 e. The standard InChI is InChI=1S/C15H19FN2O3/c16-11-4-1-5-12(19)14(11)15(21)18-8-2-3-10(9-18)6-7-13(17)20/h1,4-5,10,19H,2-3,6-9H2,(H2,17,20)/t10-/m0/s1. The van der Waals surface area contributed by atoms with Crippen LogP contribution in [0, 0.1) is 11.7 Å². The Labute approximate surface area is 122 Å². The zero-order chi connectivity index (χ0) is 15.4. The van der Waals surface area contributed by atoms with E-state index in [4.69, 9.17) is 5.73 Å². The lowest BCUT2D eigenvalue weighted by atomic mass is 9.93. The Kier molecular flexibility index (Phi) is 4.77. The maximum atomic E-state index is 13.7. The van der Waals surface area contributed by atoms with Gasteiger partial charge in [0.1, 0.15) is 17.1 Å². The number of rotatable bonds is 4. The van der Waals surface area contributed by atoms with Crippen molar-refractivity contribution in [2.45, 2.75) is 25.7 Å². The highest BCUT2D eigenvalue weighted by atomic mass is 19.1. The van der Waals surface area contributed by atoms with Crippen LogP contribution in [-0.4, -0.2) is 34.9 Å². The number of phenols is 1. The Morgan fingerprint density at radius 1 is 1.43 bits per heavy atom. The molecule has 0 aromatic heterocycles. The molecule has 1 fully saturated rings. The number of amides is 2. The Bertz CT molecular complexity index is 527. The molecule has 0 radical (unpaired) electrons. The summed E-state index contributed by atoms with van der Waals surface area (Å²) in [7, 11) is 0. The second-order valence-corrected chi connectivity index (χ2v) is 5.40. The van der Waals surface area contributed by atoms with E-state index in [0.717, 1.165) is 18.9 Å². The average Bonchev–Trinajstić information content (AvgIpc) is 2.45. The Morgan fingerprint density at radius 3 is 2.86 bits per heavy atom. The van der Waals surface area contributed by atoms with E-state index in [2.05, 4.69) is 0 Å². The first-order chi connectivity index (χ1) is 9.99. The van der Waals surface area contributed by atoms with Crippen molar-refractivity contribution in [2.24, 2.45) is 11.7 Å². The molecule has 2 rings (SSSR count). The van der Waals surface area contributed by atoms with E-state index in [1.54, 1.807) is 0 Å². The van der Waals surface area contributed by atoms with Crippen molar-refractivity contribution in [3.8, 4) is 5.75 Å². The van der Waals surface area contributed by atoms with E-state index in [9.17, 15) is 19.1 Å². The summed E-state index contributed by atoms with van der Waals surface area (Å²) in [6.07, 6.45) is 2.63. The molecule has 1 aromatic carbocycles. The molecule has 5 nitrogen and oxygen atoms in total. The number of nitrogens with zero attached hydrogens (tertiary/aromatic N) is 1. The van der Waals surface area contributed by atoms with Gasteiger partial charge < -0.3 is 15.7 Å². The van der Waals surface area contributed by atoms with Crippen LogP contribution in [0.25, 0.3) is 0 Å². The first kappa shape index (κ1) is 15.3. The van der Waals surface area contributed by atoms with Crippen molar-refractivity contribution in [3.63, 3.8) is 0 Å². The molecular weight excluding hydrogens is 275 g/mol. The third kappa shape index (κ3) is 3.71. The van der Waals surface area contributed by atoms with Crippen molar-refractivity contribution >= 4 is 11.8 Å². The minimum atomic E-state index is -0.723. The van der Waals surface area contributed by atoms with Gasteiger partial charge in [-0.1, -0.05) is 6.07 Å². The van der Waals surface area contributed by atoms with Crippen molar-refractivity contribution in [3.05, 3.63) is 29.6 Å². The van der Waals surface area contributed by atoms with Crippen LogP contribution >= 0.6 is 0 Å². The van der Waals surface area contributed by atoms with E-state index < -0.39 is 11.7 Å². The molecule has 0 aliphatic carbocycles. The monoisotopic (exact) mass is 294 g/mol. The van der Waals surface area contributed by atoms with E-state index in [1.165, 1.54) is 17.0 Å². The summed E-state index contributed by atoms with van der Waals surface area (Å²) in [6.45, 7) is 0.986. The number of likely N-dealkylation sites (tertiary alicyclic amines) is 1. The van der Waals surface area contributed by atoms with Crippen molar-refractivity contribution in [1.29, 1.82) is 0 Å². The molecular formula is C15H19FN2O3. The predicted octanol–water partition coefficient (Wildman–Crippen LogP) is 1.65. The van der Waals surface area contributed by atoms with Crippen molar-refractivity contribution in [2.75, 3.05) is 13.1 Å². The van der Waals surface area contributed by atoms with Crippen LogP contribution in [-0.2, 0) is 4.79 Å². The van der Waals surface area contributed by atoms with Gasteiger partial charge in [0.05, 0.1) is 0 Å². The summed E-state index contributed by atoms with van der Waals surface area (Å²) in [5.41, 5.74) is 4.85. The highest BCUT2D eigenvalue weighted by Crippen LogP contribution is 2.26. The van der Waals surface area contributed by atoms with Crippen molar-refractivity contribution in [1.82, 2.24) is 4.90 Å². The zero-order valence-electron chi connectivity index (χ0n) is 11.7. The zero-order valence-corrected chi connectivity index (χ0v) is 11.7. The average molecular weight is 294 g/mol. The third-order valence-corrected chi connectivity index (χ3v) is 3.81. The molecule has 21 heavy (non-hydrogen) atoms. The van der Waals surface area contributed by atoms with Gasteiger partial charge in [-0.2, -0.15) is 0 Å². The second-order valence-electron chi connectivity index (χ2n) is 5.40. The Hall–Kier alpha value is -2.11. The molecule has 1 aromatic rings. The minimum absolute atomic E-state index is 0.184. The molecule has 1 saturated heterocycles. The molecule has 2 amide bonds. The summed E-state index contributed by atoms with van der Waals surface area (Å²) >= 11 is 0. The normalized spacial score (nSPS) is 18.5. The molecule has 0 unspecified atom stereocenters. The quantitative estimate of drug-likeness (QED) is 0.885. The Balaban J connectivity index is 2.07. The van der Waals surface area contributed by atoms with Crippen LogP contribution in [0.15, 0.2) is 18.2 Å². The summed E-state index contributed by atoms with van der Waals surface area (Å²) < 4.78 is 13.7. The lowest BCUT2D eigenvalue weighted by molar-refractivity contribution is -0.118. The van der Waals surface area contributed by atoms with Gasteiger partial charge in [0.25, 0.3) is 5.91 Å². The molecule has 1 atom stereocenters. The molecule has 6 heteroatoms. The first-order valence-electron chi connectivity index (χ1n) is 7.04. The number of phenolic OH excluding ortho intramolecular Hbond substituents is 1. The van der Waals surface area contributed by atoms with Gasteiger partial charge in [0.15, 0.2) is 0 Å². The number of piperidine rings is 1. The summed E-state index contributed by atoms with van der Waals surface area (Å²) in [5.74, 6) is -1.75. The van der Waals surface area contributed by atoms with E-state index in [0.29, 0.717) is 19.5 Å². The fourth-order valence-electron chi connectivity index (χ4n) is 2.71. The van der Waals surface area contributed by atoms with E-state index in [1.807, 2.05) is 0 Å². The van der Waals surface area contributed by atoms with Gasteiger partial charge in [-0.05, 0) is 37.3 Å². The topological polar surface area (TPSA) is 83.6 Å². The van der Waals surface area contributed by atoms with Crippen LogP contribution < -0.4 is 5.73 Å². The largest absolute Gasteiger partial charge is 0.507 e. The van der Waals surface area contributed by atoms with E-state index >= 15 is 0 Å². The van der Waals surface area contributed by atoms with Gasteiger partial charge >= 0.3 is 0 Å². The number of carbonyl (C=O) groups is 2. The summed E-state index contributed by atoms with van der Waals surface area (Å²) in [6, 6.07) is 3.81. The number of halogens is 1. The molecule has 3 N–H and O–H groups in total. The summed E-state index contributed by atoms with van der Waals surface area (Å²) in [4.78, 5) is 24.7. The fourth-order valence-corrected chi connectivity index (χ4v) is 2.71. The van der Waals surface area contributed by atoms with Crippen LogP contribution in [0.5, 0.6) is 5.75 Å². The number of carbonyl (C=O) groups excluding carboxylic acids is 2. The maximum absolute atomic E-state index is 13.7. The molecule has 114 valence electrons. The first-order valence-corrected chi connectivity index (χ1v) is 7.04. The van der Waals surface area contributed by atoms with E-state index in [-0.39, 0.29) is 29.6 Å². The van der Waals surface area contributed by atoms with Crippen LogP contribution in [0.1, 0.15) is 36.0 Å². The Morgan fingerprint density at radius 2 is 2.19 bits per heavy atom. The lowest BCUT2D eigenvalue weighted by Crippen LogP contribution is -2.40. The number of benzene rings is 1. The molecule has 0 saturated carbocycles. The molecule has 0 bridgehead atoms. The van der Waals surface area contributed by atoms with Gasteiger partial charge in [0.2, 0.25) is 5.91 Å². The van der Waals surface area contributed by atoms with Crippen LogP contribution in [0.2, 0.25) is 0 Å². The number of primary amides is 1. The lowest BCUT2D eigenvalue weighted by Gasteiger charge is -2.33. The summed E-state index contributed by atoms with van der Waals surface area (Å²) in [5, 5.41) is 9.69. The molecule has 0 spiro atoms. The van der Waals surface area contributed by atoms with Crippen LogP contribution in [0.4, 0.5) is 4.39 Å². The van der Waals surface area contributed by atoms with Gasteiger partial charge in [0, 0.05) is 19.5 Å². The SMILES string of the molecule is NC(=O)CC[C@@H]1CCCN(C(=O)c2c(O)cccc2F)C1. The highest BCUT2D eigenvalue weighted by molar-refractivity contribution is 5.97. The highest BCUT2D eigenvalue weighted by Gasteiger charge is 2.27. The number of nitrogens with two attached hydrogens (primary N) is 1. The van der Waals surface area contributed by atoms with Crippen LogP contribution in [0.3, 0.4) is 0 Å². The number of aromatic hydroxyl groups is 1. The number of hydrogen-bond acceptors (Lipinski definition) is 3. The van der Waals surface area contributed by atoms with Gasteiger partial charge in [-0.15, -0.1) is 0 Å². The van der Waals surface area contributed by atoms with Gasteiger partial charge in [-0.25, -0.2) is 4.39 Å². The maximum Gasteiger partial charge on any atom is 0.260 e. The number of hydrogen-bond donors (Lipinski definition) is 2. The van der Waals surface area contributed by atoms with Crippen molar-refractivity contribution < 1.29 is 19.1 Å². The molecule has 1 aliphatic heterocycles. The third-order valence-electron chi connectivity index (χ3n) is 3.81. The minimum Gasteiger partial charge on any atom is -0.507 e. The molecule has 1 heterocycles. The predicted molar refractivity (Wildman–Crippen MR) is 75.1 cm³/mol. The fraction of sp³-hybridized carbons (Fsp3) is 0.467. The molecule has 1 aliphatic rings. The second kappa shape index (κ2) is 6.56.